The van der Waals surface area contributed by atoms with E-state index in [1.165, 1.54) is 0 Å². The quantitative estimate of drug-likeness (QED) is 0.145. The SMILES string of the molecule is NCCN(CCN)Cc1ccccc1[O-].NCCN(CCN)Cc1ccccc1[O-].O.O.[Cu+2].[Cu+2].[O-][Cl+3]([O-])([O-])[O-].[O-][Cl+3]([O-])([O-])[O-]. The molecule has 2 radical (unpaired) electrons. The molecule has 0 aliphatic carbocycles. The molecule has 12 N–H and O–H groups in total. The third-order valence-corrected chi connectivity index (χ3v) is 4.51. The first-order chi connectivity index (χ1) is 18.5. The predicted octanol–water partition coefficient (Wildman–Crippen LogP) is -12.2. The maximum absolute atomic E-state index is 11.5. The molecular weight excluding hydrogens is 738 g/mol. The largest absolute Gasteiger partial charge is 2.00 e. The fourth-order valence-electron chi connectivity index (χ4n) is 3.02. The smallest absolute Gasteiger partial charge is 0.872 e. The third kappa shape index (κ3) is 39.0. The summed E-state index contributed by atoms with van der Waals surface area (Å²) < 4.78 is 67.9. The van der Waals surface area contributed by atoms with Gasteiger partial charge in [-0.15, -0.1) is 32.0 Å². The van der Waals surface area contributed by atoms with Crippen molar-refractivity contribution in [2.45, 2.75) is 13.1 Å². The van der Waals surface area contributed by atoms with Crippen molar-refractivity contribution < 1.29 is 113 Å². The molecular formula is C22H40Cl2Cu2N6O12. The molecule has 0 bridgehead atoms. The number of nitrogens with two attached hydrogens (primary N) is 4. The zero-order valence-corrected chi connectivity index (χ0v) is 26.7. The van der Waals surface area contributed by atoms with E-state index in [9.17, 15) is 10.2 Å². The molecule has 0 saturated heterocycles. The number of halogens is 2. The third-order valence-electron chi connectivity index (χ3n) is 4.51. The molecule has 22 heteroatoms. The van der Waals surface area contributed by atoms with Gasteiger partial charge in [-0.25, -0.2) is 37.3 Å². The maximum Gasteiger partial charge on any atom is 2.00 e. The van der Waals surface area contributed by atoms with Crippen LogP contribution in [0.5, 0.6) is 11.5 Å². The summed E-state index contributed by atoms with van der Waals surface area (Å²) in [6, 6.07) is 14.1. The second-order valence-electron chi connectivity index (χ2n) is 7.68. The Labute approximate surface area is 281 Å². The maximum atomic E-state index is 11.5. The van der Waals surface area contributed by atoms with E-state index in [1.54, 1.807) is 24.3 Å². The summed E-state index contributed by atoms with van der Waals surface area (Å²) in [6.45, 7) is 6.68. The molecule has 0 saturated carbocycles. The summed E-state index contributed by atoms with van der Waals surface area (Å²) in [4.78, 5) is 4.19. The van der Waals surface area contributed by atoms with Gasteiger partial charge in [-0.05, 0) is 11.1 Å². The first-order valence-corrected chi connectivity index (χ1v) is 14.0. The van der Waals surface area contributed by atoms with Crippen LogP contribution in [0.1, 0.15) is 11.1 Å². The van der Waals surface area contributed by atoms with Gasteiger partial charge in [0.1, 0.15) is 0 Å². The Hall–Kier alpha value is -0.981. The Morgan fingerprint density at radius 2 is 0.682 bits per heavy atom. The van der Waals surface area contributed by atoms with E-state index in [-0.39, 0.29) is 56.6 Å². The van der Waals surface area contributed by atoms with Gasteiger partial charge in [0.15, 0.2) is 0 Å². The van der Waals surface area contributed by atoms with Crippen LogP contribution in [0.3, 0.4) is 0 Å². The van der Waals surface area contributed by atoms with E-state index in [4.69, 9.17) is 60.2 Å². The molecule has 18 nitrogen and oxygen atoms in total. The first kappa shape index (κ1) is 55.4. The number of rotatable bonds is 12. The fourth-order valence-corrected chi connectivity index (χ4v) is 3.02. The van der Waals surface area contributed by atoms with Gasteiger partial charge >= 0.3 is 34.1 Å². The number of hydrogen-bond donors (Lipinski definition) is 4. The van der Waals surface area contributed by atoms with Crippen molar-refractivity contribution in [3.63, 3.8) is 0 Å². The van der Waals surface area contributed by atoms with Crippen molar-refractivity contribution in [2.75, 3.05) is 52.4 Å². The van der Waals surface area contributed by atoms with Crippen LogP contribution in [0.4, 0.5) is 0 Å². The molecule has 0 aliphatic heterocycles. The van der Waals surface area contributed by atoms with Gasteiger partial charge in [-0.3, -0.25) is 9.80 Å². The summed E-state index contributed by atoms with van der Waals surface area (Å²) in [7, 11) is -9.89. The number of nitrogens with zero attached hydrogens (tertiary/aromatic N) is 2. The second-order valence-corrected chi connectivity index (χ2v) is 9.19. The summed E-state index contributed by atoms with van der Waals surface area (Å²) >= 11 is 0. The fraction of sp³-hybridized carbons (Fsp3) is 0.455. The van der Waals surface area contributed by atoms with Gasteiger partial charge < -0.3 is 44.1 Å². The summed E-state index contributed by atoms with van der Waals surface area (Å²) in [5, 5.41) is 22.9. The second kappa shape index (κ2) is 32.0. The molecule has 44 heavy (non-hydrogen) atoms. The molecule has 0 heterocycles. The van der Waals surface area contributed by atoms with Crippen LogP contribution in [0.15, 0.2) is 48.5 Å². The zero-order valence-electron chi connectivity index (χ0n) is 23.3. The van der Waals surface area contributed by atoms with Gasteiger partial charge in [0, 0.05) is 65.4 Å². The molecule has 0 fully saturated rings. The molecule has 2 aromatic rings. The average molecular weight is 779 g/mol. The van der Waals surface area contributed by atoms with E-state index >= 15 is 0 Å². The number of hydrogen-bond acceptors (Lipinski definition) is 16. The minimum absolute atomic E-state index is 0. The van der Waals surface area contributed by atoms with Crippen LogP contribution < -0.4 is 70.4 Å². The topological polar surface area (TPSA) is 404 Å². The molecule has 0 atom stereocenters. The van der Waals surface area contributed by atoms with Crippen LogP contribution in [0.2, 0.25) is 0 Å². The standard InChI is InChI=1S/2C11H19N3O.2ClHO4.2Cu.2H2O/c2*12-5-7-14(8-6-13)9-10-3-1-2-4-11(10)15;2*2-1(3,4)5;;;;/h2*1-4,15H,5-9,12-13H2;2*(H,2,3,4,5);;;2*1H2/q;;;;2*+2;;/p-4. The minimum atomic E-state index is -4.94. The van der Waals surface area contributed by atoms with Gasteiger partial charge in [0.25, 0.3) is 0 Å². The average Bonchev–Trinajstić information content (AvgIpc) is 2.81. The van der Waals surface area contributed by atoms with Crippen LogP contribution >= 0.6 is 0 Å². The van der Waals surface area contributed by atoms with E-state index in [0.29, 0.717) is 39.3 Å². The molecule has 2 aromatic carbocycles. The van der Waals surface area contributed by atoms with Crippen molar-refractivity contribution in [1.82, 2.24) is 9.80 Å². The Bertz CT molecular complexity index is 814. The van der Waals surface area contributed by atoms with Crippen molar-refractivity contribution in [2.24, 2.45) is 22.9 Å². The van der Waals surface area contributed by atoms with Gasteiger partial charge in [-0.1, -0.05) is 48.5 Å². The van der Waals surface area contributed by atoms with Crippen molar-refractivity contribution in [1.29, 1.82) is 0 Å². The Morgan fingerprint density at radius 3 is 0.864 bits per heavy atom. The predicted molar refractivity (Wildman–Crippen MR) is 126 cm³/mol. The monoisotopic (exact) mass is 776 g/mol. The normalized spacial score (nSPS) is 10.1. The van der Waals surface area contributed by atoms with Gasteiger partial charge in [0.2, 0.25) is 0 Å². The van der Waals surface area contributed by atoms with Crippen LogP contribution in [-0.4, -0.2) is 73.1 Å². The van der Waals surface area contributed by atoms with Crippen molar-refractivity contribution in [3.05, 3.63) is 59.7 Å². The number of para-hydroxylation sites is 2. The minimum Gasteiger partial charge on any atom is -0.872 e. The van der Waals surface area contributed by atoms with E-state index in [1.807, 2.05) is 24.3 Å². The molecule has 2 rings (SSSR count). The van der Waals surface area contributed by atoms with Crippen molar-refractivity contribution in [3.8, 4) is 11.5 Å². The summed E-state index contributed by atoms with van der Waals surface area (Å²) in [5.41, 5.74) is 23.6. The van der Waals surface area contributed by atoms with Gasteiger partial charge in [0.05, 0.1) is 0 Å². The van der Waals surface area contributed by atoms with Crippen molar-refractivity contribution >= 4 is 0 Å². The first-order valence-electron chi connectivity index (χ1n) is 11.5. The van der Waals surface area contributed by atoms with E-state index in [0.717, 1.165) is 37.3 Å². The van der Waals surface area contributed by atoms with Crippen LogP contribution in [0.25, 0.3) is 0 Å². The molecule has 266 valence electrons. The molecule has 0 amide bonds. The molecule has 0 unspecified atom stereocenters. The molecule has 0 aliphatic rings. The Morgan fingerprint density at radius 1 is 0.477 bits per heavy atom. The summed E-state index contributed by atoms with van der Waals surface area (Å²) in [6.07, 6.45) is 0. The molecule has 0 spiro atoms. The summed E-state index contributed by atoms with van der Waals surface area (Å²) in [5.74, 6) is 0.160. The zero-order chi connectivity index (χ0) is 31.2. The van der Waals surface area contributed by atoms with Crippen LogP contribution in [0, 0.1) is 20.5 Å². The number of benzene rings is 2. The molecule has 0 aromatic heterocycles. The van der Waals surface area contributed by atoms with Gasteiger partial charge in [-0.2, -0.15) is 0 Å². The van der Waals surface area contributed by atoms with E-state index < -0.39 is 20.5 Å². The van der Waals surface area contributed by atoms with Crippen LogP contribution in [-0.2, 0) is 47.2 Å². The Kier molecular flexibility index (Phi) is 40.3. The van der Waals surface area contributed by atoms with E-state index in [2.05, 4.69) is 9.80 Å². The Balaban J connectivity index is -0.000000118.